The predicted molar refractivity (Wildman–Crippen MR) is 115 cm³/mol. The van der Waals surface area contributed by atoms with Gasteiger partial charge in [0, 0.05) is 17.0 Å². The largest absolute Gasteiger partial charge is 0.465 e. The molecule has 0 unspecified atom stereocenters. The van der Waals surface area contributed by atoms with Crippen LogP contribution in [-0.2, 0) is 9.53 Å². The Kier molecular flexibility index (Phi) is 5.65. The average molecular weight is 404 g/mol. The van der Waals surface area contributed by atoms with Gasteiger partial charge in [-0.15, -0.1) is 0 Å². The van der Waals surface area contributed by atoms with Crippen LogP contribution >= 0.6 is 0 Å². The molecule has 4 rings (SSSR count). The maximum absolute atomic E-state index is 13.4. The van der Waals surface area contributed by atoms with Crippen LogP contribution in [0.5, 0.6) is 0 Å². The molecular formula is C24H24N2O4. The molecule has 1 amide bonds. The van der Waals surface area contributed by atoms with Crippen molar-refractivity contribution in [3.05, 3.63) is 82.3 Å². The molecule has 1 saturated carbocycles. The van der Waals surface area contributed by atoms with E-state index in [-0.39, 0.29) is 28.9 Å². The first kappa shape index (κ1) is 19.9. The van der Waals surface area contributed by atoms with E-state index in [9.17, 15) is 14.4 Å². The van der Waals surface area contributed by atoms with Crippen LogP contribution in [0.4, 0.5) is 0 Å². The number of ether oxygens (including phenoxy) is 1. The Morgan fingerprint density at radius 3 is 2.30 bits per heavy atom. The lowest BCUT2D eigenvalue weighted by atomic mass is 9.84. The second kappa shape index (κ2) is 8.53. The Morgan fingerprint density at radius 1 is 1.00 bits per heavy atom. The van der Waals surface area contributed by atoms with E-state index in [1.807, 2.05) is 30.3 Å². The van der Waals surface area contributed by atoms with Crippen molar-refractivity contribution in [1.29, 1.82) is 0 Å². The number of benzene rings is 2. The van der Waals surface area contributed by atoms with Gasteiger partial charge in [0.2, 0.25) is 5.91 Å². The number of nitrogens with one attached hydrogen (secondary N) is 1. The maximum atomic E-state index is 13.4. The number of hydrogen-bond donors (Lipinski definition) is 1. The van der Waals surface area contributed by atoms with Crippen molar-refractivity contribution in [3.63, 3.8) is 0 Å². The normalized spacial score (nSPS) is 15.1. The van der Waals surface area contributed by atoms with E-state index in [0.717, 1.165) is 35.9 Å². The highest BCUT2D eigenvalue weighted by molar-refractivity contribution is 6.04. The van der Waals surface area contributed by atoms with E-state index in [1.54, 1.807) is 24.3 Å². The smallest absolute Gasteiger partial charge is 0.340 e. The third-order valence-corrected chi connectivity index (χ3v) is 5.87. The summed E-state index contributed by atoms with van der Waals surface area (Å²) in [7, 11) is 1.29. The zero-order chi connectivity index (χ0) is 21.1. The summed E-state index contributed by atoms with van der Waals surface area (Å²) in [5.41, 5.74) is 3.53. The lowest BCUT2D eigenvalue weighted by Crippen LogP contribution is -2.38. The summed E-state index contributed by atoms with van der Waals surface area (Å²) in [6.07, 6.45) is 5.51. The van der Waals surface area contributed by atoms with Gasteiger partial charge in [-0.3, -0.25) is 15.0 Å². The maximum Gasteiger partial charge on any atom is 0.340 e. The number of pyridine rings is 1. The minimum Gasteiger partial charge on any atom is -0.465 e. The third kappa shape index (κ3) is 3.73. The summed E-state index contributed by atoms with van der Waals surface area (Å²) in [4.78, 5) is 38.6. The Balaban J connectivity index is 1.75. The number of amides is 1. The minimum atomic E-state index is -0.565. The second-order valence-electron chi connectivity index (χ2n) is 7.66. The number of fused-ring (bicyclic) bond motifs is 1. The van der Waals surface area contributed by atoms with Crippen molar-refractivity contribution >= 4 is 22.6 Å². The van der Waals surface area contributed by atoms with Gasteiger partial charge in [0.15, 0.2) is 0 Å². The molecule has 6 heteroatoms. The molecule has 1 fully saturated rings. The van der Waals surface area contributed by atoms with E-state index < -0.39 is 5.97 Å². The number of carbonyl (C=O) groups is 2. The number of nitrogens with zero attached hydrogens (tertiary/aromatic N) is 1. The van der Waals surface area contributed by atoms with Gasteiger partial charge in [0.1, 0.15) is 0 Å². The Morgan fingerprint density at radius 2 is 1.63 bits per heavy atom. The summed E-state index contributed by atoms with van der Waals surface area (Å²) in [5.74, 6) is -0.941. The molecule has 0 saturated heterocycles. The first-order chi connectivity index (χ1) is 14.6. The topological polar surface area (TPSA) is 77.4 Å². The fourth-order valence-electron chi connectivity index (χ4n) is 4.42. The van der Waals surface area contributed by atoms with Gasteiger partial charge in [0.25, 0.3) is 5.56 Å². The van der Waals surface area contributed by atoms with Crippen LogP contribution in [0, 0.1) is 5.92 Å². The van der Waals surface area contributed by atoms with E-state index in [0.29, 0.717) is 10.8 Å². The monoisotopic (exact) mass is 404 g/mol. The van der Waals surface area contributed by atoms with Crippen LogP contribution in [0.3, 0.4) is 0 Å². The van der Waals surface area contributed by atoms with Crippen LogP contribution in [-0.4, -0.2) is 23.7 Å². The SMILES string of the molecule is COC(=O)c1cn(NC(=O)[C@H](c2ccccc2)C2CCCC2)c(=O)c2ccccc12. The van der Waals surface area contributed by atoms with Gasteiger partial charge in [-0.2, -0.15) is 0 Å². The van der Waals surface area contributed by atoms with Crippen LogP contribution in [0.2, 0.25) is 0 Å². The molecule has 0 spiro atoms. The fourth-order valence-corrected chi connectivity index (χ4v) is 4.42. The molecule has 154 valence electrons. The average Bonchev–Trinajstić information content (AvgIpc) is 3.30. The molecule has 1 aromatic heterocycles. The molecule has 0 radical (unpaired) electrons. The van der Waals surface area contributed by atoms with Crippen LogP contribution in [0.15, 0.2) is 65.6 Å². The van der Waals surface area contributed by atoms with E-state index in [4.69, 9.17) is 4.74 Å². The highest BCUT2D eigenvalue weighted by Crippen LogP contribution is 2.37. The van der Waals surface area contributed by atoms with Crippen LogP contribution in [0.25, 0.3) is 10.8 Å². The van der Waals surface area contributed by atoms with Crippen molar-refractivity contribution in [2.45, 2.75) is 31.6 Å². The second-order valence-corrected chi connectivity index (χ2v) is 7.66. The van der Waals surface area contributed by atoms with Gasteiger partial charge < -0.3 is 4.74 Å². The molecule has 1 heterocycles. The van der Waals surface area contributed by atoms with Gasteiger partial charge in [-0.25, -0.2) is 9.47 Å². The molecule has 30 heavy (non-hydrogen) atoms. The zero-order valence-electron chi connectivity index (χ0n) is 16.8. The number of esters is 1. The molecule has 0 aliphatic heterocycles. The number of methoxy groups -OCH3 is 1. The summed E-state index contributed by atoms with van der Waals surface area (Å²) < 4.78 is 5.99. The number of rotatable bonds is 5. The van der Waals surface area contributed by atoms with Crippen molar-refractivity contribution in [3.8, 4) is 0 Å². The summed E-state index contributed by atoms with van der Waals surface area (Å²) in [6, 6.07) is 16.5. The Hall–Kier alpha value is -3.41. The first-order valence-electron chi connectivity index (χ1n) is 10.2. The summed E-state index contributed by atoms with van der Waals surface area (Å²) in [6.45, 7) is 0. The van der Waals surface area contributed by atoms with Gasteiger partial charge in [0.05, 0.1) is 18.6 Å². The summed E-state index contributed by atoms with van der Waals surface area (Å²) >= 11 is 0. The van der Waals surface area contributed by atoms with Crippen LogP contribution in [0.1, 0.15) is 47.5 Å². The first-order valence-corrected chi connectivity index (χ1v) is 10.2. The lowest BCUT2D eigenvalue weighted by molar-refractivity contribution is -0.119. The zero-order valence-corrected chi connectivity index (χ0v) is 16.8. The highest BCUT2D eigenvalue weighted by Gasteiger charge is 2.32. The summed E-state index contributed by atoms with van der Waals surface area (Å²) in [5, 5.41) is 0.841. The molecular weight excluding hydrogens is 380 g/mol. The van der Waals surface area contributed by atoms with Crippen molar-refractivity contribution < 1.29 is 14.3 Å². The molecule has 2 aromatic carbocycles. The fraction of sp³-hybridized carbons (Fsp3) is 0.292. The molecule has 1 atom stereocenters. The predicted octanol–water partition coefficient (Wildman–Crippen LogP) is 3.83. The van der Waals surface area contributed by atoms with Gasteiger partial charge in [-0.05, 0) is 30.4 Å². The standard InChI is InChI=1S/C24H24N2O4/c1-30-24(29)20-15-26(23(28)19-14-8-7-13-18(19)20)25-22(27)21(17-11-5-6-12-17)16-9-3-2-4-10-16/h2-4,7-10,13-15,17,21H,5-6,11-12H2,1H3,(H,25,27)/t21-/m1/s1. The highest BCUT2D eigenvalue weighted by atomic mass is 16.5. The van der Waals surface area contributed by atoms with E-state index in [2.05, 4.69) is 5.43 Å². The van der Waals surface area contributed by atoms with E-state index in [1.165, 1.54) is 13.3 Å². The lowest BCUT2D eigenvalue weighted by Gasteiger charge is -2.24. The van der Waals surface area contributed by atoms with Gasteiger partial charge >= 0.3 is 5.97 Å². The number of carbonyl (C=O) groups excluding carboxylic acids is 2. The Bertz CT molecular complexity index is 1130. The minimum absolute atomic E-state index is 0.226. The molecule has 1 aliphatic rings. The number of aromatic nitrogens is 1. The molecule has 0 bridgehead atoms. The van der Waals surface area contributed by atoms with E-state index >= 15 is 0 Å². The molecule has 3 aromatic rings. The molecule has 1 aliphatic carbocycles. The van der Waals surface area contributed by atoms with Crippen molar-refractivity contribution in [2.24, 2.45) is 5.92 Å². The van der Waals surface area contributed by atoms with Gasteiger partial charge in [-0.1, -0.05) is 61.4 Å². The van der Waals surface area contributed by atoms with Crippen molar-refractivity contribution in [2.75, 3.05) is 12.5 Å². The quantitative estimate of drug-likeness (QED) is 0.656. The molecule has 6 nitrogen and oxygen atoms in total. The number of hydrogen-bond acceptors (Lipinski definition) is 4. The molecule has 1 N–H and O–H groups in total. The van der Waals surface area contributed by atoms with Crippen LogP contribution < -0.4 is 11.0 Å². The third-order valence-electron chi connectivity index (χ3n) is 5.87. The Labute approximate surface area is 174 Å². The van der Waals surface area contributed by atoms with Crippen molar-refractivity contribution in [1.82, 2.24) is 4.68 Å².